The van der Waals surface area contributed by atoms with E-state index in [-0.39, 0.29) is 36.6 Å². The van der Waals surface area contributed by atoms with Gasteiger partial charge in [-0.3, -0.25) is 0 Å². The number of nitriles is 1. The van der Waals surface area contributed by atoms with E-state index in [2.05, 4.69) is 61.1 Å². The number of hydrogen-bond acceptors (Lipinski definition) is 4. The van der Waals surface area contributed by atoms with E-state index in [9.17, 15) is 5.26 Å². The number of nitrogens with zero attached hydrogens (tertiary/aromatic N) is 3. The predicted molar refractivity (Wildman–Crippen MR) is 173 cm³/mol. The molecule has 0 saturated heterocycles. The maximum Gasteiger partial charge on any atom is 0.140 e. The van der Waals surface area contributed by atoms with Crippen molar-refractivity contribution >= 4 is 10.8 Å². The molecule has 0 bridgehead atoms. The van der Waals surface area contributed by atoms with E-state index in [0.717, 1.165) is 33.2 Å². The number of aryl methyl sites for hydroxylation is 2. The second-order valence-electron chi connectivity index (χ2n) is 11.3. The van der Waals surface area contributed by atoms with Crippen LogP contribution in [0.5, 0.6) is 11.5 Å². The summed E-state index contributed by atoms with van der Waals surface area (Å²) in [6.45, 7) is 2.21. The van der Waals surface area contributed by atoms with Crippen molar-refractivity contribution in [2.45, 2.75) is 39.9 Å². The molecule has 219 valence electrons. The molecule has 44 heavy (non-hydrogen) atoms. The zero-order valence-corrected chi connectivity index (χ0v) is 26.7. The Bertz CT molecular complexity index is 2160. The van der Waals surface area contributed by atoms with Gasteiger partial charge in [-0.05, 0) is 57.9 Å². The summed E-state index contributed by atoms with van der Waals surface area (Å²) in [5.74, 6) is 1.31. The number of aromatic nitrogens is 2. The van der Waals surface area contributed by atoms with Crippen molar-refractivity contribution < 1.29 is 33.1 Å². The number of pyridine rings is 2. The number of rotatable bonds is 2. The molecule has 3 heterocycles. The molecular formula is C39H31IrN3O-2. The third kappa shape index (κ3) is 6.06. The first-order valence-corrected chi connectivity index (χ1v) is 13.8. The monoisotopic (exact) mass is 756 g/mol. The van der Waals surface area contributed by atoms with Crippen LogP contribution in [0.25, 0.3) is 44.4 Å². The predicted octanol–water partition coefficient (Wildman–Crippen LogP) is 9.81. The van der Waals surface area contributed by atoms with Crippen molar-refractivity contribution in [3.05, 3.63) is 132 Å². The number of hydrogen-bond donors (Lipinski definition) is 0. The van der Waals surface area contributed by atoms with Crippen molar-refractivity contribution in [2.24, 2.45) is 0 Å². The van der Waals surface area contributed by atoms with Gasteiger partial charge < -0.3 is 14.7 Å². The molecule has 0 spiro atoms. The van der Waals surface area contributed by atoms with Crippen LogP contribution in [0, 0.1) is 37.2 Å². The van der Waals surface area contributed by atoms with E-state index in [0.29, 0.717) is 28.3 Å². The average Bonchev–Trinajstić information content (AvgIpc) is 3.08. The van der Waals surface area contributed by atoms with Crippen LogP contribution in [-0.2, 0) is 25.5 Å². The van der Waals surface area contributed by atoms with Crippen LogP contribution in [-0.4, -0.2) is 9.97 Å². The molecule has 6 aromatic rings. The van der Waals surface area contributed by atoms with Crippen LogP contribution >= 0.6 is 0 Å². The van der Waals surface area contributed by atoms with Crippen molar-refractivity contribution in [3.63, 3.8) is 0 Å². The van der Waals surface area contributed by atoms with Crippen LogP contribution in [0.2, 0.25) is 0 Å². The van der Waals surface area contributed by atoms with Gasteiger partial charge in [0.1, 0.15) is 11.8 Å². The smallest absolute Gasteiger partial charge is 0.140 e. The first-order chi connectivity index (χ1) is 23.1. The molecule has 0 unspecified atom stereocenters. The topological polar surface area (TPSA) is 58.8 Å². The normalized spacial score (nSPS) is 13.9. The fourth-order valence-electron chi connectivity index (χ4n) is 5.03. The minimum absolute atomic E-state index is 0. The Morgan fingerprint density at radius 3 is 2.39 bits per heavy atom. The number of benzene rings is 4. The van der Waals surface area contributed by atoms with Gasteiger partial charge in [0, 0.05) is 46.1 Å². The molecule has 4 aromatic carbocycles. The van der Waals surface area contributed by atoms with Crippen LogP contribution in [0.4, 0.5) is 0 Å². The molecule has 0 fully saturated rings. The minimum Gasteiger partial charge on any atom is -0.499 e. The third-order valence-electron chi connectivity index (χ3n) is 7.30. The van der Waals surface area contributed by atoms with Gasteiger partial charge >= 0.3 is 0 Å². The van der Waals surface area contributed by atoms with Crippen molar-refractivity contribution in [3.8, 4) is 51.2 Å². The van der Waals surface area contributed by atoms with Gasteiger partial charge in [0.15, 0.2) is 0 Å². The molecule has 0 N–H and O–H groups in total. The third-order valence-corrected chi connectivity index (χ3v) is 7.30. The standard InChI is InChI=1S/C26H19N2O.C13H12N.Ir/c1-26(2,3)18-12-13-28-22(14-18)21-9-5-8-20-19-7-4-6-16-10-11-17(15-27)24(23(16)19)29-25(20)21;1-10-3-6-12(7-4-10)13-8-5-11(2)9-14-13;/h4-8,10-14H,1-3H3;3-6,8-9H,1-2H3;/q2*-1;/i;1D3,2D3;. The van der Waals surface area contributed by atoms with Gasteiger partial charge in [-0.15, -0.1) is 53.6 Å². The first kappa shape index (κ1) is 23.8. The maximum absolute atomic E-state index is 9.63. The van der Waals surface area contributed by atoms with Crippen molar-refractivity contribution in [2.75, 3.05) is 0 Å². The van der Waals surface area contributed by atoms with Gasteiger partial charge in [0.05, 0.1) is 11.3 Å². The molecule has 0 atom stereocenters. The second kappa shape index (κ2) is 12.5. The zero-order valence-electron chi connectivity index (χ0n) is 30.3. The molecule has 2 aromatic heterocycles. The van der Waals surface area contributed by atoms with Crippen LogP contribution < -0.4 is 4.74 Å². The number of ether oxygens (including phenoxy) is 1. The Morgan fingerprint density at radius 2 is 1.68 bits per heavy atom. The molecule has 1 aliphatic rings. The van der Waals surface area contributed by atoms with Gasteiger partial charge in [0.25, 0.3) is 0 Å². The molecule has 0 amide bonds. The average molecular weight is 756 g/mol. The SMILES string of the molecule is CC(C)(C)c1ccnc(-c2[c-]ccc3c2Oc2c(C#N)ccc4cccc-3c24)c1.[2H]C([2H])([2H])c1c[c-]c(-c2ccc(C([2H])([2H])[2H])cn2)cc1.[Ir]. The van der Waals surface area contributed by atoms with Gasteiger partial charge in [0.2, 0.25) is 0 Å². The van der Waals surface area contributed by atoms with Gasteiger partial charge in [-0.25, -0.2) is 0 Å². The molecule has 7 rings (SSSR count). The molecule has 5 heteroatoms. The van der Waals surface area contributed by atoms with Crippen molar-refractivity contribution in [1.82, 2.24) is 9.97 Å². The summed E-state index contributed by atoms with van der Waals surface area (Å²) in [5.41, 5.74) is 6.98. The molecular weight excluding hydrogens is 719 g/mol. The van der Waals surface area contributed by atoms with Gasteiger partial charge in [-0.2, -0.15) is 5.26 Å². The Kier molecular flexibility index (Phi) is 6.78. The quantitative estimate of drug-likeness (QED) is 0.165. The van der Waals surface area contributed by atoms with E-state index in [1.807, 2.05) is 48.7 Å². The van der Waals surface area contributed by atoms with Crippen LogP contribution in [0.15, 0.2) is 97.3 Å². The van der Waals surface area contributed by atoms with E-state index in [1.54, 1.807) is 12.1 Å². The Morgan fingerprint density at radius 1 is 0.841 bits per heavy atom. The summed E-state index contributed by atoms with van der Waals surface area (Å²) in [6.07, 6.45) is 3.13. The van der Waals surface area contributed by atoms with E-state index in [4.69, 9.17) is 13.0 Å². The van der Waals surface area contributed by atoms with E-state index < -0.39 is 13.7 Å². The Labute approximate surface area is 281 Å². The number of fused-ring (bicyclic) bond motifs is 2. The molecule has 0 aliphatic carbocycles. The first-order valence-electron chi connectivity index (χ1n) is 16.8. The summed E-state index contributed by atoms with van der Waals surface area (Å²) in [6, 6.07) is 34.1. The van der Waals surface area contributed by atoms with E-state index in [1.165, 1.54) is 30.0 Å². The molecule has 0 saturated carbocycles. The summed E-state index contributed by atoms with van der Waals surface area (Å²) in [4.78, 5) is 8.68. The fraction of sp³-hybridized carbons (Fsp3) is 0.154. The summed E-state index contributed by atoms with van der Waals surface area (Å²) in [5, 5.41) is 11.7. The van der Waals surface area contributed by atoms with Gasteiger partial charge in [-0.1, -0.05) is 81.2 Å². The minimum atomic E-state index is -2.18. The Hall–Kier alpha value is -4.62. The Balaban J connectivity index is 0.000000204. The summed E-state index contributed by atoms with van der Waals surface area (Å²) in [7, 11) is 0. The summed E-state index contributed by atoms with van der Waals surface area (Å²) < 4.78 is 50.0. The zero-order chi connectivity index (χ0) is 35.1. The largest absolute Gasteiger partial charge is 0.499 e. The molecule has 4 nitrogen and oxygen atoms in total. The van der Waals surface area contributed by atoms with Crippen molar-refractivity contribution in [1.29, 1.82) is 5.26 Å². The van der Waals surface area contributed by atoms with Crippen LogP contribution in [0.1, 0.15) is 51.2 Å². The molecule has 1 radical (unpaired) electrons. The maximum atomic E-state index is 9.63. The fourth-order valence-corrected chi connectivity index (χ4v) is 5.03. The second-order valence-corrected chi connectivity index (χ2v) is 11.3. The van der Waals surface area contributed by atoms with E-state index >= 15 is 0 Å². The summed E-state index contributed by atoms with van der Waals surface area (Å²) >= 11 is 0. The molecule has 1 aliphatic heterocycles. The van der Waals surface area contributed by atoms with Crippen LogP contribution in [0.3, 0.4) is 0 Å².